The van der Waals surface area contributed by atoms with Crippen molar-refractivity contribution in [3.05, 3.63) is 212 Å². The van der Waals surface area contributed by atoms with Gasteiger partial charge in [-0.1, -0.05) is 0 Å². The Balaban J connectivity index is 1.70. The summed E-state index contributed by atoms with van der Waals surface area (Å²) in [6, 6.07) is 80.1. The van der Waals surface area contributed by atoms with Gasteiger partial charge < -0.3 is 0 Å². The van der Waals surface area contributed by atoms with Crippen LogP contribution in [0.3, 0.4) is 0 Å². The van der Waals surface area contributed by atoms with E-state index in [1.54, 1.807) is 0 Å². The van der Waals surface area contributed by atoms with Crippen LogP contribution in [0.25, 0.3) is 0 Å². The zero-order valence-electron chi connectivity index (χ0n) is 25.7. The van der Waals surface area contributed by atoms with E-state index in [2.05, 4.69) is 212 Å². The molecule has 3 heteroatoms. The third-order valence-electron chi connectivity index (χ3n) is 8.70. The quantitative estimate of drug-likeness (QED) is 0.131. The van der Waals surface area contributed by atoms with Gasteiger partial charge in [0.1, 0.15) is 0 Å². The van der Waals surface area contributed by atoms with Crippen molar-refractivity contribution in [2.75, 3.05) is 0 Å². The van der Waals surface area contributed by atoms with Crippen LogP contribution in [0, 0.1) is 0 Å². The monoisotopic (exact) mass is 646 g/mol. The van der Waals surface area contributed by atoms with Crippen LogP contribution in [0.4, 0.5) is 0 Å². The maximum atomic E-state index is 2.42. The van der Waals surface area contributed by atoms with Crippen molar-refractivity contribution in [1.29, 1.82) is 0 Å². The summed E-state index contributed by atoms with van der Waals surface area (Å²) in [7, 11) is -4.59. The molecule has 0 aromatic heterocycles. The normalized spacial score (nSPS) is 12.0. The molecule has 224 valence electrons. The molecule has 7 rings (SSSR count). The second-order valence-electron chi connectivity index (χ2n) is 11.4. The van der Waals surface area contributed by atoms with E-state index in [1.165, 1.54) is 37.1 Å². The van der Waals surface area contributed by atoms with Crippen molar-refractivity contribution in [3.63, 3.8) is 0 Å². The second-order valence-corrected chi connectivity index (χ2v) is 21.2. The van der Waals surface area contributed by atoms with E-state index in [4.69, 9.17) is 0 Å². The molecule has 0 aliphatic rings. The molecule has 0 N–H and O–H groups in total. The van der Waals surface area contributed by atoms with Gasteiger partial charge in [-0.15, -0.1) is 0 Å². The molecule has 0 saturated heterocycles. The molecule has 46 heavy (non-hydrogen) atoms. The van der Waals surface area contributed by atoms with E-state index in [9.17, 15) is 0 Å². The fourth-order valence-corrected chi connectivity index (χ4v) is 24.6. The fraction of sp³-hybridized carbons (Fsp3) is 0.0233. The molecule has 7 aromatic rings. The Morgan fingerprint density at radius 1 is 0.261 bits per heavy atom. The van der Waals surface area contributed by atoms with Gasteiger partial charge in [0.2, 0.25) is 0 Å². The Morgan fingerprint density at radius 2 is 0.457 bits per heavy atom. The Labute approximate surface area is 276 Å². The van der Waals surface area contributed by atoms with Crippen LogP contribution < -0.4 is 37.1 Å². The predicted molar refractivity (Wildman–Crippen MR) is 208 cm³/mol. The van der Waals surface area contributed by atoms with Gasteiger partial charge in [0.25, 0.3) is 0 Å². The standard InChI is InChI=1S/C43H37P3/c1-8-22-36(23-9-1)44(37-24-10-2-11-25-37)43(45(38-26-12-3-13-27-38)39-28-14-4-15-29-39)46(40-30-16-5-17-31-40,41-32-18-6-19-33-41)42-34-20-7-21-35-42/h1-35,43,46H. The zero-order chi connectivity index (χ0) is 31.0. The molecule has 0 saturated carbocycles. The molecule has 0 fully saturated rings. The zero-order valence-corrected chi connectivity index (χ0v) is 28.5. The number of rotatable bonds is 10. The first-order chi connectivity index (χ1) is 22.9. The molecule has 0 bridgehead atoms. The summed E-state index contributed by atoms with van der Waals surface area (Å²) in [4.78, 5) is 0. The van der Waals surface area contributed by atoms with Gasteiger partial charge in [-0.2, -0.15) is 0 Å². The van der Waals surface area contributed by atoms with E-state index >= 15 is 0 Å². The minimum absolute atomic E-state index is 0.277. The molecule has 0 nitrogen and oxygen atoms in total. The Morgan fingerprint density at radius 3 is 0.674 bits per heavy atom. The van der Waals surface area contributed by atoms with Crippen molar-refractivity contribution in [1.82, 2.24) is 0 Å². The van der Waals surface area contributed by atoms with Gasteiger partial charge in [0.05, 0.1) is 0 Å². The first-order valence-electron chi connectivity index (χ1n) is 15.8. The molecule has 0 aliphatic carbocycles. The molecule has 0 heterocycles. The molecular weight excluding hydrogens is 609 g/mol. The first kappa shape index (κ1) is 30.5. The summed E-state index contributed by atoms with van der Waals surface area (Å²) in [6.07, 6.45) is 0. The van der Waals surface area contributed by atoms with Gasteiger partial charge in [-0.25, -0.2) is 0 Å². The summed E-state index contributed by atoms with van der Waals surface area (Å²) < 4.78 is 0. The van der Waals surface area contributed by atoms with Gasteiger partial charge >= 0.3 is 278 Å². The summed E-state index contributed by atoms with van der Waals surface area (Å²) in [5, 5.41) is 10.3. The molecule has 0 atom stereocenters. The molecule has 0 amide bonds. The van der Waals surface area contributed by atoms with Crippen LogP contribution in [0.2, 0.25) is 0 Å². The Kier molecular flexibility index (Phi) is 9.61. The third kappa shape index (κ3) is 6.03. The molecule has 0 radical (unpaired) electrons. The average Bonchev–Trinajstić information content (AvgIpc) is 3.15. The summed E-state index contributed by atoms with van der Waals surface area (Å²) in [5.74, 6) is 0. The van der Waals surface area contributed by atoms with Crippen LogP contribution >= 0.6 is 23.1 Å². The van der Waals surface area contributed by atoms with Crippen LogP contribution in [0.1, 0.15) is 0 Å². The van der Waals surface area contributed by atoms with Crippen molar-refractivity contribution in [2.24, 2.45) is 0 Å². The molecule has 0 unspecified atom stereocenters. The number of benzene rings is 7. The minimum atomic E-state index is -2.85. The average molecular weight is 647 g/mol. The topological polar surface area (TPSA) is 0 Å². The van der Waals surface area contributed by atoms with Gasteiger partial charge in [-0.05, 0) is 0 Å². The predicted octanol–water partition coefficient (Wildman–Crippen LogP) is 8.26. The van der Waals surface area contributed by atoms with Crippen molar-refractivity contribution >= 4 is 60.2 Å². The molecule has 7 aromatic carbocycles. The van der Waals surface area contributed by atoms with Crippen LogP contribution in [0.15, 0.2) is 212 Å². The van der Waals surface area contributed by atoms with Crippen LogP contribution in [0.5, 0.6) is 0 Å². The van der Waals surface area contributed by atoms with Crippen LogP contribution in [-0.4, -0.2) is 5.14 Å². The SMILES string of the molecule is c1ccc(P(c2ccccc2)C(P(c2ccccc2)c2ccccc2)[PH](c2ccccc2)(c2ccccc2)c2ccccc2)cc1. The summed E-state index contributed by atoms with van der Waals surface area (Å²) in [6.45, 7) is 0. The van der Waals surface area contributed by atoms with Gasteiger partial charge in [0, 0.05) is 0 Å². The maximum absolute atomic E-state index is 2.85. The summed E-state index contributed by atoms with van der Waals surface area (Å²) in [5.41, 5.74) is 0. The summed E-state index contributed by atoms with van der Waals surface area (Å²) >= 11 is 0. The van der Waals surface area contributed by atoms with Crippen LogP contribution in [-0.2, 0) is 0 Å². The van der Waals surface area contributed by atoms with E-state index < -0.39 is 23.1 Å². The van der Waals surface area contributed by atoms with E-state index in [1.807, 2.05) is 0 Å². The second kappa shape index (κ2) is 14.5. The van der Waals surface area contributed by atoms with E-state index in [0.29, 0.717) is 0 Å². The fourth-order valence-electron chi connectivity index (χ4n) is 6.77. The first-order valence-corrected chi connectivity index (χ1v) is 20.7. The number of hydrogen-bond acceptors (Lipinski definition) is 0. The molecule has 0 aliphatic heterocycles. The van der Waals surface area contributed by atoms with Gasteiger partial charge in [-0.3, -0.25) is 0 Å². The Bertz CT molecular complexity index is 1660. The number of hydrogen-bond donors (Lipinski definition) is 0. The van der Waals surface area contributed by atoms with Gasteiger partial charge in [0.15, 0.2) is 0 Å². The molecular formula is C43H37P3. The van der Waals surface area contributed by atoms with E-state index in [0.717, 1.165) is 0 Å². The van der Waals surface area contributed by atoms with E-state index in [-0.39, 0.29) is 5.14 Å². The third-order valence-corrected chi connectivity index (χ3v) is 22.9. The Hall–Kier alpha value is -4.17. The van der Waals surface area contributed by atoms with Crippen molar-refractivity contribution in [3.8, 4) is 0 Å². The van der Waals surface area contributed by atoms with Crippen molar-refractivity contribution < 1.29 is 0 Å². The van der Waals surface area contributed by atoms with Crippen molar-refractivity contribution in [2.45, 2.75) is 5.14 Å². The molecule has 0 spiro atoms.